The van der Waals surface area contributed by atoms with E-state index in [1.807, 2.05) is 36.4 Å². The van der Waals surface area contributed by atoms with Crippen LogP contribution in [0.5, 0.6) is 0 Å². The highest BCUT2D eigenvalue weighted by molar-refractivity contribution is 6.24. The lowest BCUT2D eigenvalue weighted by Gasteiger charge is -2.34. The van der Waals surface area contributed by atoms with Gasteiger partial charge in [0.2, 0.25) is 11.8 Å². The van der Waals surface area contributed by atoms with Crippen LogP contribution in [0, 0.1) is 17.8 Å². The zero-order valence-electron chi connectivity index (χ0n) is 18.7. The first-order valence-electron chi connectivity index (χ1n) is 10.9. The second-order valence-electron chi connectivity index (χ2n) is 8.89. The predicted molar refractivity (Wildman–Crippen MR) is 124 cm³/mol. The number of aliphatic carboxylic acids is 1. The molecule has 170 valence electrons. The van der Waals surface area contributed by atoms with Gasteiger partial charge in [-0.25, -0.2) is 4.90 Å². The van der Waals surface area contributed by atoms with Gasteiger partial charge in [-0.05, 0) is 42.7 Å². The molecule has 7 heteroatoms. The summed E-state index contributed by atoms with van der Waals surface area (Å²) in [6.07, 6.45) is 3.60. The molecule has 2 saturated heterocycles. The highest BCUT2D eigenvalue weighted by Crippen LogP contribution is 2.48. The van der Waals surface area contributed by atoms with Crippen LogP contribution in [0.25, 0.3) is 6.08 Å². The third-order valence-electron chi connectivity index (χ3n) is 6.73. The van der Waals surface area contributed by atoms with Gasteiger partial charge in [-0.1, -0.05) is 56.3 Å². The minimum Gasteiger partial charge on any atom is -0.480 e. The van der Waals surface area contributed by atoms with Gasteiger partial charge in [0.1, 0.15) is 5.54 Å². The lowest BCUT2D eigenvalue weighted by molar-refractivity contribution is -0.151. The molecule has 33 heavy (non-hydrogen) atoms. The van der Waals surface area contributed by atoms with Gasteiger partial charge in [-0.15, -0.1) is 0 Å². The summed E-state index contributed by atoms with van der Waals surface area (Å²) in [4.78, 5) is 52.3. The van der Waals surface area contributed by atoms with Crippen molar-refractivity contribution in [3.63, 3.8) is 0 Å². The molecule has 0 bridgehead atoms. The molecule has 7 nitrogen and oxygen atoms in total. The Hall–Kier alpha value is -3.58. The maximum absolute atomic E-state index is 13.6. The number of hydrogen-bond acceptors (Lipinski definition) is 5. The molecule has 2 heterocycles. The van der Waals surface area contributed by atoms with E-state index in [-0.39, 0.29) is 5.78 Å². The van der Waals surface area contributed by atoms with Crippen molar-refractivity contribution in [3.05, 3.63) is 71.8 Å². The quantitative estimate of drug-likeness (QED) is 0.522. The molecule has 4 unspecified atom stereocenters. The van der Waals surface area contributed by atoms with Gasteiger partial charge in [0.05, 0.1) is 17.5 Å². The molecule has 2 aliphatic rings. The van der Waals surface area contributed by atoms with Crippen LogP contribution < -0.4 is 10.2 Å². The highest BCUT2D eigenvalue weighted by Gasteiger charge is 2.69. The normalized spacial score (nSPS) is 26.9. The number of nitrogens with zero attached hydrogens (tertiary/aromatic N) is 1. The minimum atomic E-state index is -1.59. The molecule has 4 rings (SSSR count). The number of carboxylic acids is 1. The molecule has 2 N–H and O–H groups in total. The molecule has 2 aromatic carbocycles. The standard InChI is InChI=1S/C26H26N2O5/c1-15(2)26(25(32)33)22-21(20(27-26)14-9-17-7-5-4-6-8-17)23(30)28(24(22)31)19-12-10-18(11-13-19)16(3)29/h4-15,20-22,27H,1-3H3,(H,32,33)/b14-9+. The van der Waals surface area contributed by atoms with Crippen molar-refractivity contribution in [2.75, 3.05) is 4.90 Å². The first kappa shape index (κ1) is 22.6. The van der Waals surface area contributed by atoms with E-state index in [0.717, 1.165) is 10.5 Å². The topological polar surface area (TPSA) is 104 Å². The minimum absolute atomic E-state index is 0.127. The van der Waals surface area contributed by atoms with Crippen molar-refractivity contribution in [1.29, 1.82) is 0 Å². The van der Waals surface area contributed by atoms with Crippen molar-refractivity contribution in [3.8, 4) is 0 Å². The molecular formula is C26H26N2O5. The van der Waals surface area contributed by atoms with E-state index in [1.54, 1.807) is 44.2 Å². The molecule has 0 spiro atoms. The summed E-state index contributed by atoms with van der Waals surface area (Å²) in [5.41, 5.74) is 0.113. The summed E-state index contributed by atoms with van der Waals surface area (Å²) >= 11 is 0. The Morgan fingerprint density at radius 1 is 1.03 bits per heavy atom. The number of hydrogen-bond donors (Lipinski definition) is 2. The van der Waals surface area contributed by atoms with Crippen LogP contribution in [0.15, 0.2) is 60.7 Å². The number of imide groups is 1. The number of benzene rings is 2. The fourth-order valence-electron chi connectivity index (χ4n) is 5.00. The molecule has 2 aliphatic heterocycles. The monoisotopic (exact) mass is 446 g/mol. The van der Waals surface area contributed by atoms with E-state index in [4.69, 9.17) is 0 Å². The van der Waals surface area contributed by atoms with E-state index in [1.165, 1.54) is 6.92 Å². The van der Waals surface area contributed by atoms with E-state index >= 15 is 0 Å². The number of ketones is 1. The van der Waals surface area contributed by atoms with Crippen LogP contribution in [0.3, 0.4) is 0 Å². The van der Waals surface area contributed by atoms with E-state index in [0.29, 0.717) is 11.3 Å². The van der Waals surface area contributed by atoms with Gasteiger partial charge in [-0.3, -0.25) is 24.5 Å². The fourth-order valence-corrected chi connectivity index (χ4v) is 5.00. The van der Waals surface area contributed by atoms with Gasteiger partial charge in [0.15, 0.2) is 5.78 Å². The summed E-state index contributed by atoms with van der Waals surface area (Å²) in [5.74, 6) is -4.63. The Bertz CT molecular complexity index is 1140. The van der Waals surface area contributed by atoms with Crippen LogP contribution in [-0.4, -0.2) is 40.3 Å². The van der Waals surface area contributed by atoms with Gasteiger partial charge in [0.25, 0.3) is 0 Å². The highest BCUT2D eigenvalue weighted by atomic mass is 16.4. The first-order valence-corrected chi connectivity index (χ1v) is 10.9. The van der Waals surface area contributed by atoms with Gasteiger partial charge < -0.3 is 5.11 Å². The zero-order valence-corrected chi connectivity index (χ0v) is 18.7. The Labute approximate surface area is 192 Å². The molecule has 2 amide bonds. The van der Waals surface area contributed by atoms with E-state index in [9.17, 15) is 24.3 Å². The van der Waals surface area contributed by atoms with Gasteiger partial charge in [0, 0.05) is 11.6 Å². The molecule has 0 aliphatic carbocycles. The Morgan fingerprint density at radius 2 is 1.67 bits per heavy atom. The van der Waals surface area contributed by atoms with Gasteiger partial charge >= 0.3 is 5.97 Å². The fraction of sp³-hybridized carbons (Fsp3) is 0.308. The summed E-state index contributed by atoms with van der Waals surface area (Å²) < 4.78 is 0. The van der Waals surface area contributed by atoms with E-state index in [2.05, 4.69) is 5.32 Å². The van der Waals surface area contributed by atoms with Crippen molar-refractivity contribution >= 4 is 35.3 Å². The number of amides is 2. The lowest BCUT2D eigenvalue weighted by atomic mass is 9.73. The zero-order chi connectivity index (χ0) is 23.9. The van der Waals surface area contributed by atoms with Crippen LogP contribution in [0.2, 0.25) is 0 Å². The molecule has 0 saturated carbocycles. The number of carbonyl (C=O) groups excluding carboxylic acids is 3. The predicted octanol–water partition coefficient (Wildman–Crippen LogP) is 3.16. The summed E-state index contributed by atoms with van der Waals surface area (Å²) in [7, 11) is 0. The molecule has 4 atom stereocenters. The number of fused-ring (bicyclic) bond motifs is 1. The number of Topliss-reactive ketones (excluding diaryl/α,β-unsaturated/α-hetero) is 1. The van der Waals surface area contributed by atoms with Crippen molar-refractivity contribution < 1.29 is 24.3 Å². The third kappa shape index (κ3) is 3.58. The molecule has 0 aromatic heterocycles. The maximum Gasteiger partial charge on any atom is 0.325 e. The molecule has 0 radical (unpaired) electrons. The summed E-state index contributed by atoms with van der Waals surface area (Å²) in [6.45, 7) is 4.91. The Morgan fingerprint density at radius 3 is 2.21 bits per heavy atom. The number of nitrogens with one attached hydrogen (secondary N) is 1. The number of anilines is 1. The number of carbonyl (C=O) groups is 4. The summed E-state index contributed by atoms with van der Waals surface area (Å²) in [5, 5.41) is 13.4. The van der Waals surface area contributed by atoms with Crippen molar-refractivity contribution in [2.24, 2.45) is 17.8 Å². The Balaban J connectivity index is 1.77. The first-order chi connectivity index (χ1) is 15.7. The second-order valence-corrected chi connectivity index (χ2v) is 8.89. The van der Waals surface area contributed by atoms with Crippen LogP contribution >= 0.6 is 0 Å². The van der Waals surface area contributed by atoms with Crippen LogP contribution in [0.4, 0.5) is 5.69 Å². The van der Waals surface area contributed by atoms with Crippen molar-refractivity contribution in [1.82, 2.24) is 5.32 Å². The maximum atomic E-state index is 13.6. The lowest BCUT2D eigenvalue weighted by Crippen LogP contribution is -2.60. The SMILES string of the molecule is CC(=O)c1ccc(N2C(=O)C3C(/C=C/c4ccccc4)NC(C(=O)O)(C(C)C)C3C2=O)cc1. The average Bonchev–Trinajstić information content (AvgIpc) is 3.27. The second kappa shape index (κ2) is 8.41. The smallest absolute Gasteiger partial charge is 0.325 e. The third-order valence-corrected chi connectivity index (χ3v) is 6.73. The molecular weight excluding hydrogens is 420 g/mol. The largest absolute Gasteiger partial charge is 0.480 e. The Kier molecular flexibility index (Phi) is 5.76. The molecule has 2 aromatic rings. The summed E-state index contributed by atoms with van der Waals surface area (Å²) in [6, 6.07) is 15.1. The molecule has 2 fully saturated rings. The average molecular weight is 447 g/mol. The number of rotatable bonds is 6. The van der Waals surface area contributed by atoms with E-state index < -0.39 is 47.1 Å². The van der Waals surface area contributed by atoms with Gasteiger partial charge in [-0.2, -0.15) is 0 Å². The number of carboxylic acid groups (broad SMARTS) is 1. The van der Waals surface area contributed by atoms with Crippen molar-refractivity contribution in [2.45, 2.75) is 32.4 Å². The van der Waals surface area contributed by atoms with Crippen LogP contribution in [-0.2, 0) is 14.4 Å². The van der Waals surface area contributed by atoms with Crippen LogP contribution in [0.1, 0.15) is 36.7 Å².